The Morgan fingerprint density at radius 1 is 0.662 bits per heavy atom. The van der Waals surface area contributed by atoms with Gasteiger partial charge in [0.05, 0.1) is 38.1 Å². The molecule has 3 saturated carbocycles. The van der Waals surface area contributed by atoms with Crippen molar-refractivity contribution in [2.45, 2.75) is 211 Å². The molecule has 17 nitrogen and oxygen atoms in total. The van der Waals surface area contributed by atoms with E-state index >= 15 is 0 Å². The SMILES string of the molecule is C[C@@H]1O[C@@H](O[C@H]2[C@@H](O)[C@@H](O)[C@@H](O[C@H]3CC[C@]4(C)[C@H]5C=CC6=C7CC(C)(C)CC[C@]7(CO)[C@H](O)C[C@@]6(C)[C@]5(C)CC[C@H]4C3(C)C)O[C@@H]2CO[C@@H]2O[C@@H](CO)[C@@H](O)[C@H](O)[C@H]2O)[C@@H](O)[C@@H](O)[C@H]1O. The minimum atomic E-state index is -1.76. The number of aliphatic hydroxyl groups is 11. The van der Waals surface area contributed by atoms with Crippen LogP contribution in [0.2, 0.25) is 0 Å². The lowest BCUT2D eigenvalue weighted by Gasteiger charge is -2.70. The summed E-state index contributed by atoms with van der Waals surface area (Å²) < 4.78 is 36.2. The van der Waals surface area contributed by atoms with E-state index in [0.29, 0.717) is 12.8 Å². The zero-order valence-corrected chi connectivity index (χ0v) is 39.3. The molecule has 5 aliphatic carbocycles. The van der Waals surface area contributed by atoms with Gasteiger partial charge in [0.1, 0.15) is 67.1 Å². The lowest BCUT2D eigenvalue weighted by Crippen LogP contribution is -2.66. The third kappa shape index (κ3) is 7.87. The summed E-state index contributed by atoms with van der Waals surface area (Å²) in [5, 5.41) is 119. The number of aliphatic hydroxyl groups excluding tert-OH is 11. The molecule has 3 aliphatic heterocycles. The minimum Gasteiger partial charge on any atom is -0.395 e. The highest BCUT2D eigenvalue weighted by Crippen LogP contribution is 2.74. The molecule has 0 bridgehead atoms. The lowest BCUT2D eigenvalue weighted by atomic mass is 9.35. The molecule has 65 heavy (non-hydrogen) atoms. The summed E-state index contributed by atoms with van der Waals surface area (Å²) in [6.45, 7) is 16.2. The Bertz CT molecular complexity index is 1790. The van der Waals surface area contributed by atoms with Crippen LogP contribution in [0, 0.1) is 44.3 Å². The topological polar surface area (TPSA) is 278 Å². The molecule has 0 amide bonds. The van der Waals surface area contributed by atoms with Gasteiger partial charge in [-0.2, -0.15) is 0 Å². The Morgan fingerprint density at radius 3 is 1.97 bits per heavy atom. The van der Waals surface area contributed by atoms with Crippen molar-refractivity contribution in [3.63, 3.8) is 0 Å². The van der Waals surface area contributed by atoms with E-state index in [-0.39, 0.29) is 40.1 Å². The highest BCUT2D eigenvalue weighted by Gasteiger charge is 2.68. The second-order valence-electron chi connectivity index (χ2n) is 23.3. The zero-order valence-electron chi connectivity index (χ0n) is 39.3. The van der Waals surface area contributed by atoms with Crippen LogP contribution in [-0.4, -0.2) is 180 Å². The van der Waals surface area contributed by atoms with Crippen LogP contribution in [0.3, 0.4) is 0 Å². The molecular weight excluding hydrogens is 849 g/mol. The first kappa shape index (κ1) is 50.2. The van der Waals surface area contributed by atoms with Crippen molar-refractivity contribution >= 4 is 0 Å². The maximum atomic E-state index is 12.1. The molecule has 3 heterocycles. The Labute approximate surface area is 382 Å². The van der Waals surface area contributed by atoms with Crippen LogP contribution < -0.4 is 0 Å². The lowest BCUT2D eigenvalue weighted by molar-refractivity contribution is -0.373. The summed E-state index contributed by atoms with van der Waals surface area (Å²) in [5.41, 5.74) is 0.777. The van der Waals surface area contributed by atoms with Crippen molar-refractivity contribution in [2.24, 2.45) is 44.3 Å². The summed E-state index contributed by atoms with van der Waals surface area (Å²) in [5.74, 6) is 0.308. The Morgan fingerprint density at radius 2 is 1.29 bits per heavy atom. The summed E-state index contributed by atoms with van der Waals surface area (Å²) >= 11 is 0. The fourth-order valence-corrected chi connectivity index (χ4v) is 14.4. The Balaban J connectivity index is 1.04. The number of hydrogen-bond donors (Lipinski definition) is 11. The minimum absolute atomic E-state index is 0.0621. The normalized spacial score (nSPS) is 54.0. The van der Waals surface area contributed by atoms with Crippen LogP contribution in [0.25, 0.3) is 0 Å². The van der Waals surface area contributed by atoms with Gasteiger partial charge in [-0.3, -0.25) is 0 Å². The maximum absolute atomic E-state index is 12.1. The van der Waals surface area contributed by atoms with Gasteiger partial charge in [-0.1, -0.05) is 66.2 Å². The molecule has 8 rings (SSSR count). The van der Waals surface area contributed by atoms with Crippen molar-refractivity contribution in [3.05, 3.63) is 23.3 Å². The molecule has 372 valence electrons. The Hall–Kier alpha value is -1.20. The quantitative estimate of drug-likeness (QED) is 0.141. The summed E-state index contributed by atoms with van der Waals surface area (Å²) in [6, 6.07) is 0. The predicted molar refractivity (Wildman–Crippen MR) is 230 cm³/mol. The molecule has 0 spiro atoms. The van der Waals surface area contributed by atoms with Gasteiger partial charge >= 0.3 is 0 Å². The molecule has 17 heteroatoms. The monoisotopic (exact) mass is 927 g/mol. The van der Waals surface area contributed by atoms with Gasteiger partial charge in [-0.05, 0) is 97.4 Å². The first-order valence-electron chi connectivity index (χ1n) is 24.0. The average molecular weight is 927 g/mol. The van der Waals surface area contributed by atoms with Crippen LogP contribution >= 0.6 is 0 Å². The molecular formula is C48H78O17. The van der Waals surface area contributed by atoms with E-state index in [1.165, 1.54) is 18.1 Å². The molecule has 0 radical (unpaired) electrons. The first-order chi connectivity index (χ1) is 30.3. The van der Waals surface area contributed by atoms with Crippen LogP contribution in [-0.2, 0) is 28.4 Å². The summed E-state index contributed by atoms with van der Waals surface area (Å²) in [4.78, 5) is 0. The zero-order chi connectivity index (χ0) is 47.6. The van der Waals surface area contributed by atoms with Crippen LogP contribution in [0.15, 0.2) is 23.3 Å². The van der Waals surface area contributed by atoms with Crippen molar-refractivity contribution in [2.75, 3.05) is 19.8 Å². The van der Waals surface area contributed by atoms with Crippen LogP contribution in [0.1, 0.15) is 107 Å². The molecule has 8 aliphatic rings. The third-order valence-electron chi connectivity index (χ3n) is 18.8. The fraction of sp³-hybridized carbons (Fsp3) is 0.917. The highest BCUT2D eigenvalue weighted by molar-refractivity contribution is 5.47. The van der Waals surface area contributed by atoms with Gasteiger partial charge in [0.25, 0.3) is 0 Å². The highest BCUT2D eigenvalue weighted by atomic mass is 16.8. The largest absolute Gasteiger partial charge is 0.395 e. The van der Waals surface area contributed by atoms with Crippen molar-refractivity contribution in [1.82, 2.24) is 0 Å². The molecule has 0 aromatic rings. The van der Waals surface area contributed by atoms with E-state index < -0.39 is 128 Å². The van der Waals surface area contributed by atoms with Gasteiger partial charge in [0.15, 0.2) is 18.9 Å². The van der Waals surface area contributed by atoms with Gasteiger partial charge in [-0.15, -0.1) is 0 Å². The standard InChI is InChI=1S/C48H78O17/c1-22-31(52)33(54)37(58)41(61-22)65-39-26(20-60-40-36(57)34(55)32(53)25(19-49)62-40)63-42(38(59)35(39)56)64-30-12-13-45(6)27(44(30,4)5)11-14-46(7)28(45)10-9-23-24-17-43(2,3)15-16-48(24,21-50)29(51)18-47(23,46)8/h9-10,22,25-42,49-59H,11-21H2,1-8H3/t22-,25-,26+,27-,28+,29+,30-,31-,32+,33-,34-,35-,36+,37-,38+,39+,40+,41-,42+,45-,46+,47+,48+/m0/s1. The van der Waals surface area contributed by atoms with Gasteiger partial charge in [-0.25, -0.2) is 0 Å². The third-order valence-corrected chi connectivity index (χ3v) is 18.8. The molecule has 23 atom stereocenters. The predicted octanol–water partition coefficient (Wildman–Crippen LogP) is 0.532. The number of allylic oxidation sites excluding steroid dienone is 3. The maximum Gasteiger partial charge on any atom is 0.187 e. The molecule has 3 saturated heterocycles. The second kappa shape index (κ2) is 17.6. The van der Waals surface area contributed by atoms with Gasteiger partial charge in [0.2, 0.25) is 0 Å². The number of ether oxygens (including phenoxy) is 6. The number of rotatable bonds is 9. The van der Waals surface area contributed by atoms with Crippen molar-refractivity contribution in [3.8, 4) is 0 Å². The summed E-state index contributed by atoms with van der Waals surface area (Å²) in [7, 11) is 0. The van der Waals surface area contributed by atoms with E-state index in [1.807, 2.05) is 0 Å². The number of hydrogen-bond acceptors (Lipinski definition) is 17. The first-order valence-corrected chi connectivity index (χ1v) is 24.0. The molecule has 0 aromatic heterocycles. The van der Waals surface area contributed by atoms with E-state index in [1.54, 1.807) is 0 Å². The fourth-order valence-electron chi connectivity index (χ4n) is 14.4. The van der Waals surface area contributed by atoms with E-state index in [0.717, 1.165) is 38.5 Å². The smallest absolute Gasteiger partial charge is 0.187 e. The number of fused-ring (bicyclic) bond motifs is 6. The van der Waals surface area contributed by atoms with E-state index in [2.05, 4.69) is 60.6 Å². The van der Waals surface area contributed by atoms with E-state index in [4.69, 9.17) is 28.4 Å². The Kier molecular flexibility index (Phi) is 13.6. The summed E-state index contributed by atoms with van der Waals surface area (Å²) in [6.07, 6.45) is -13.2. The average Bonchev–Trinajstić information content (AvgIpc) is 3.24. The van der Waals surface area contributed by atoms with Crippen molar-refractivity contribution in [1.29, 1.82) is 0 Å². The van der Waals surface area contributed by atoms with Gasteiger partial charge in [0, 0.05) is 10.8 Å². The van der Waals surface area contributed by atoms with E-state index in [9.17, 15) is 56.2 Å². The van der Waals surface area contributed by atoms with Gasteiger partial charge < -0.3 is 84.6 Å². The van der Waals surface area contributed by atoms with Crippen LogP contribution in [0.5, 0.6) is 0 Å². The van der Waals surface area contributed by atoms with Crippen LogP contribution in [0.4, 0.5) is 0 Å². The molecule has 11 N–H and O–H groups in total. The molecule has 6 fully saturated rings. The molecule has 0 unspecified atom stereocenters. The van der Waals surface area contributed by atoms with Crippen molar-refractivity contribution < 1.29 is 84.6 Å². The second-order valence-corrected chi connectivity index (χ2v) is 23.3. The molecule has 0 aromatic carbocycles.